The standard InChI is InChI=1S/C22H25N5O2/c1-14-21-24-17(11-20(28)23-12-15-6-7-15)13-26(21)8-9-27(14)22(29)19-10-16-4-2-3-5-18(16)25-19/h2-5,10,13-15,25H,6-9,11-12H2,1H3,(H,23,28)/t14-/m0/s1. The monoisotopic (exact) mass is 391 g/mol. The molecule has 1 aliphatic heterocycles. The fraction of sp³-hybridized carbons (Fsp3) is 0.409. The number of hydrogen-bond acceptors (Lipinski definition) is 3. The van der Waals surface area contributed by atoms with Crippen LogP contribution < -0.4 is 5.32 Å². The first-order valence-corrected chi connectivity index (χ1v) is 10.3. The Hall–Kier alpha value is -3.09. The molecule has 0 unspecified atom stereocenters. The van der Waals surface area contributed by atoms with Crippen LogP contribution in [-0.4, -0.2) is 44.3 Å². The Kier molecular flexibility index (Phi) is 4.38. The van der Waals surface area contributed by atoms with Gasteiger partial charge in [-0.2, -0.15) is 0 Å². The van der Waals surface area contributed by atoms with E-state index in [-0.39, 0.29) is 24.3 Å². The van der Waals surface area contributed by atoms with E-state index in [2.05, 4.69) is 19.9 Å². The van der Waals surface area contributed by atoms with Crippen LogP contribution in [0.25, 0.3) is 10.9 Å². The van der Waals surface area contributed by atoms with E-state index in [0.717, 1.165) is 29.0 Å². The van der Waals surface area contributed by atoms with Crippen molar-refractivity contribution in [1.29, 1.82) is 0 Å². The molecule has 0 saturated heterocycles. The number of nitrogens with one attached hydrogen (secondary N) is 2. The highest BCUT2D eigenvalue weighted by Crippen LogP contribution is 2.28. The number of H-pyrrole nitrogens is 1. The molecule has 2 amide bonds. The van der Waals surface area contributed by atoms with E-state index in [1.807, 2.05) is 48.4 Å². The van der Waals surface area contributed by atoms with Crippen LogP contribution in [0.3, 0.4) is 0 Å². The van der Waals surface area contributed by atoms with E-state index in [1.54, 1.807) is 0 Å². The predicted octanol–water partition coefficient (Wildman–Crippen LogP) is 2.65. The molecule has 0 spiro atoms. The van der Waals surface area contributed by atoms with Crippen LogP contribution in [0.4, 0.5) is 0 Å². The van der Waals surface area contributed by atoms with Crippen molar-refractivity contribution in [2.75, 3.05) is 13.1 Å². The molecule has 1 saturated carbocycles. The average molecular weight is 391 g/mol. The number of carbonyl (C=O) groups excluding carboxylic acids is 2. The van der Waals surface area contributed by atoms with Crippen molar-refractivity contribution in [2.24, 2.45) is 5.92 Å². The second-order valence-corrected chi connectivity index (χ2v) is 8.15. The third-order valence-electron chi connectivity index (χ3n) is 5.93. The van der Waals surface area contributed by atoms with Crippen LogP contribution in [-0.2, 0) is 17.8 Å². The Balaban J connectivity index is 1.30. The number of amides is 2. The molecule has 150 valence electrons. The Morgan fingerprint density at radius 3 is 2.86 bits per heavy atom. The van der Waals surface area contributed by atoms with E-state index in [9.17, 15) is 9.59 Å². The molecular weight excluding hydrogens is 366 g/mol. The highest BCUT2D eigenvalue weighted by atomic mass is 16.2. The van der Waals surface area contributed by atoms with E-state index in [0.29, 0.717) is 24.7 Å². The van der Waals surface area contributed by atoms with Crippen molar-refractivity contribution < 1.29 is 9.59 Å². The number of rotatable bonds is 5. The van der Waals surface area contributed by atoms with E-state index >= 15 is 0 Å². The first kappa shape index (κ1) is 18.0. The zero-order chi connectivity index (χ0) is 20.0. The average Bonchev–Trinajstić information content (AvgIpc) is 3.29. The minimum Gasteiger partial charge on any atom is -0.355 e. The molecule has 7 nitrogen and oxygen atoms in total. The predicted molar refractivity (Wildman–Crippen MR) is 109 cm³/mol. The maximum atomic E-state index is 13.1. The summed E-state index contributed by atoms with van der Waals surface area (Å²) in [6, 6.07) is 9.64. The topological polar surface area (TPSA) is 83.0 Å². The molecule has 2 N–H and O–H groups in total. The number of fused-ring (bicyclic) bond motifs is 2. The van der Waals surface area contributed by atoms with Gasteiger partial charge in [0.25, 0.3) is 5.91 Å². The largest absolute Gasteiger partial charge is 0.355 e. The fourth-order valence-corrected chi connectivity index (χ4v) is 4.06. The van der Waals surface area contributed by atoms with E-state index < -0.39 is 0 Å². The normalized spacial score (nSPS) is 18.7. The van der Waals surface area contributed by atoms with Crippen LogP contribution >= 0.6 is 0 Å². The van der Waals surface area contributed by atoms with Crippen LogP contribution in [0.15, 0.2) is 36.5 Å². The molecule has 2 aromatic heterocycles. The van der Waals surface area contributed by atoms with Crippen molar-refractivity contribution in [1.82, 2.24) is 24.8 Å². The highest BCUT2D eigenvalue weighted by molar-refractivity contribution is 5.98. The fourth-order valence-electron chi connectivity index (χ4n) is 4.06. The molecule has 7 heteroatoms. The van der Waals surface area contributed by atoms with Gasteiger partial charge in [0.05, 0.1) is 18.2 Å². The molecule has 0 radical (unpaired) electrons. The van der Waals surface area contributed by atoms with Gasteiger partial charge in [-0.25, -0.2) is 4.98 Å². The number of imidazole rings is 1. The summed E-state index contributed by atoms with van der Waals surface area (Å²) in [5.74, 6) is 1.50. The molecule has 3 heterocycles. The second kappa shape index (κ2) is 7.06. The minimum absolute atomic E-state index is 0.0195. The van der Waals surface area contributed by atoms with E-state index in [1.165, 1.54) is 12.8 Å². The second-order valence-electron chi connectivity index (χ2n) is 8.15. The van der Waals surface area contributed by atoms with Crippen LogP contribution in [0, 0.1) is 5.92 Å². The summed E-state index contributed by atoms with van der Waals surface area (Å²) in [6.45, 7) is 4.07. The van der Waals surface area contributed by atoms with Crippen molar-refractivity contribution in [3.05, 3.63) is 53.7 Å². The van der Waals surface area contributed by atoms with Gasteiger partial charge in [0.2, 0.25) is 5.91 Å². The minimum atomic E-state index is -0.147. The third-order valence-corrected chi connectivity index (χ3v) is 5.93. The number of carbonyl (C=O) groups is 2. The smallest absolute Gasteiger partial charge is 0.270 e. The molecule has 1 aliphatic carbocycles. The van der Waals surface area contributed by atoms with Crippen molar-refractivity contribution in [3.63, 3.8) is 0 Å². The van der Waals surface area contributed by atoms with Crippen molar-refractivity contribution >= 4 is 22.7 Å². The van der Waals surface area contributed by atoms with Crippen LogP contribution in [0.1, 0.15) is 47.8 Å². The first-order chi connectivity index (χ1) is 14.1. The van der Waals surface area contributed by atoms with Gasteiger partial charge < -0.3 is 19.8 Å². The lowest BCUT2D eigenvalue weighted by Gasteiger charge is -2.33. The molecule has 5 rings (SSSR count). The summed E-state index contributed by atoms with van der Waals surface area (Å²) in [7, 11) is 0. The molecule has 1 aromatic carbocycles. The van der Waals surface area contributed by atoms with Gasteiger partial charge in [-0.1, -0.05) is 18.2 Å². The third kappa shape index (κ3) is 3.52. The van der Waals surface area contributed by atoms with Crippen molar-refractivity contribution in [3.8, 4) is 0 Å². The molecule has 2 aliphatic rings. The van der Waals surface area contributed by atoms with Crippen LogP contribution in [0.2, 0.25) is 0 Å². The molecular formula is C22H25N5O2. The summed E-state index contributed by atoms with van der Waals surface area (Å²) in [5.41, 5.74) is 2.32. The Bertz CT molecular complexity index is 1050. The Labute approximate surface area is 169 Å². The number of aromatic amines is 1. The van der Waals surface area contributed by atoms with Gasteiger partial charge in [-0.05, 0) is 37.8 Å². The maximum Gasteiger partial charge on any atom is 0.270 e. The zero-order valence-corrected chi connectivity index (χ0v) is 16.5. The number of nitrogens with zero attached hydrogens (tertiary/aromatic N) is 3. The molecule has 0 bridgehead atoms. The summed E-state index contributed by atoms with van der Waals surface area (Å²) in [4.78, 5) is 35.0. The quantitative estimate of drug-likeness (QED) is 0.701. The van der Waals surface area contributed by atoms with Gasteiger partial charge in [0, 0.05) is 36.7 Å². The zero-order valence-electron chi connectivity index (χ0n) is 16.5. The molecule has 1 atom stereocenters. The number of aromatic nitrogens is 3. The lowest BCUT2D eigenvalue weighted by molar-refractivity contribution is -0.120. The summed E-state index contributed by atoms with van der Waals surface area (Å²) < 4.78 is 2.07. The number of hydrogen-bond donors (Lipinski definition) is 2. The maximum absolute atomic E-state index is 13.1. The lowest BCUT2D eigenvalue weighted by atomic mass is 10.2. The number of benzene rings is 1. The summed E-state index contributed by atoms with van der Waals surface area (Å²) >= 11 is 0. The van der Waals surface area contributed by atoms with Gasteiger partial charge in [0.15, 0.2) is 0 Å². The van der Waals surface area contributed by atoms with Gasteiger partial charge in [-0.3, -0.25) is 9.59 Å². The number of para-hydroxylation sites is 1. The van der Waals surface area contributed by atoms with Gasteiger partial charge in [0.1, 0.15) is 11.5 Å². The lowest BCUT2D eigenvalue weighted by Crippen LogP contribution is -2.41. The Morgan fingerprint density at radius 2 is 2.07 bits per heavy atom. The van der Waals surface area contributed by atoms with Crippen molar-refractivity contribution in [2.45, 2.75) is 38.8 Å². The molecule has 1 fully saturated rings. The highest BCUT2D eigenvalue weighted by Gasteiger charge is 2.31. The first-order valence-electron chi connectivity index (χ1n) is 10.3. The SMILES string of the molecule is C[C@H]1c2nc(CC(=O)NCC3CC3)cn2CCN1C(=O)c1cc2ccccc2[nH]1. The Morgan fingerprint density at radius 1 is 1.24 bits per heavy atom. The van der Waals surface area contributed by atoms with Gasteiger partial charge in [-0.15, -0.1) is 0 Å². The summed E-state index contributed by atoms with van der Waals surface area (Å²) in [5, 5.41) is 4.02. The van der Waals surface area contributed by atoms with Crippen LogP contribution in [0.5, 0.6) is 0 Å². The molecule has 29 heavy (non-hydrogen) atoms. The summed E-state index contributed by atoms with van der Waals surface area (Å²) in [6.07, 6.45) is 4.68. The molecule has 3 aromatic rings. The van der Waals surface area contributed by atoms with Gasteiger partial charge >= 0.3 is 0 Å². The van der Waals surface area contributed by atoms with E-state index in [4.69, 9.17) is 0 Å².